The van der Waals surface area contributed by atoms with Crippen molar-refractivity contribution in [2.24, 2.45) is 5.73 Å². The number of nitrogens with two attached hydrogens (primary N) is 1. The number of alkyl halides is 3. The van der Waals surface area contributed by atoms with Crippen molar-refractivity contribution < 1.29 is 27.1 Å². The molecule has 9 heteroatoms. The number of rotatable bonds is 6. The molecule has 2 heterocycles. The second-order valence-electron chi connectivity index (χ2n) is 9.08. The molecule has 0 atom stereocenters. The molecule has 1 aliphatic heterocycles. The molecular weight excluding hydrogens is 462 g/mol. The van der Waals surface area contributed by atoms with Crippen molar-refractivity contribution in [1.82, 2.24) is 9.47 Å². The fraction of sp³-hybridized carbons (Fsp3) is 0.423. The molecule has 4 rings (SSSR count). The van der Waals surface area contributed by atoms with Crippen molar-refractivity contribution in [2.75, 3.05) is 19.7 Å². The van der Waals surface area contributed by atoms with Gasteiger partial charge in [0.1, 0.15) is 5.82 Å². The molecule has 0 saturated carbocycles. The molecule has 1 amide bonds. The van der Waals surface area contributed by atoms with Crippen LogP contribution in [-0.4, -0.2) is 41.4 Å². The number of hydrogen-bond acceptors (Lipinski definition) is 3. The number of carbonyl (C=O) groups excluding carboxylic acids is 1. The van der Waals surface area contributed by atoms with Crippen LogP contribution >= 0.6 is 0 Å². The Bertz CT molecular complexity index is 1230. The van der Waals surface area contributed by atoms with Crippen LogP contribution in [0.4, 0.5) is 17.6 Å². The standard InChI is InChI=1S/C26H29F4N3O2/c1-16-3-5-18(14-31)13-20(16)19-7-9-32(10-8-19)25(34)21-15-33(11-12-35-26(28,29)30)24-17(2)4-6-22(27)23(21)24/h3-6,13,15,19H,7-12,14,31H2,1-2H3. The van der Waals surface area contributed by atoms with Crippen LogP contribution in [0.3, 0.4) is 0 Å². The van der Waals surface area contributed by atoms with Crippen LogP contribution in [0.5, 0.6) is 0 Å². The van der Waals surface area contributed by atoms with Crippen LogP contribution in [-0.2, 0) is 17.8 Å². The first-order chi connectivity index (χ1) is 16.6. The van der Waals surface area contributed by atoms with Crippen LogP contribution in [0.2, 0.25) is 0 Å². The molecule has 35 heavy (non-hydrogen) atoms. The van der Waals surface area contributed by atoms with Crippen LogP contribution in [0.15, 0.2) is 36.5 Å². The number of halogens is 4. The summed E-state index contributed by atoms with van der Waals surface area (Å²) in [5.41, 5.74) is 10.5. The number of aryl methyl sites for hydroxylation is 2. The second kappa shape index (κ2) is 9.99. The number of aromatic nitrogens is 1. The highest BCUT2D eigenvalue weighted by Crippen LogP contribution is 2.33. The molecule has 0 aliphatic carbocycles. The summed E-state index contributed by atoms with van der Waals surface area (Å²) >= 11 is 0. The van der Waals surface area contributed by atoms with Gasteiger partial charge in [0.25, 0.3) is 5.91 Å². The molecule has 0 unspecified atom stereocenters. The maximum Gasteiger partial charge on any atom is 0.522 e. The van der Waals surface area contributed by atoms with Crippen molar-refractivity contribution in [3.63, 3.8) is 0 Å². The number of amides is 1. The largest absolute Gasteiger partial charge is 0.522 e. The Hall–Kier alpha value is -2.91. The molecule has 1 aromatic heterocycles. The van der Waals surface area contributed by atoms with Crippen molar-refractivity contribution in [3.8, 4) is 0 Å². The molecule has 5 nitrogen and oxygen atoms in total. The smallest absolute Gasteiger partial charge is 0.344 e. The summed E-state index contributed by atoms with van der Waals surface area (Å²) in [5, 5.41) is 0.135. The number of carbonyl (C=O) groups is 1. The molecular formula is C26H29F4N3O2. The van der Waals surface area contributed by atoms with E-state index in [1.54, 1.807) is 17.9 Å². The quantitative estimate of drug-likeness (QED) is 0.469. The Balaban J connectivity index is 1.56. The summed E-state index contributed by atoms with van der Waals surface area (Å²) in [5.74, 6) is -0.597. The first-order valence-corrected chi connectivity index (χ1v) is 11.7. The fourth-order valence-electron chi connectivity index (χ4n) is 5.00. The predicted molar refractivity (Wildman–Crippen MR) is 126 cm³/mol. The van der Waals surface area contributed by atoms with Crippen LogP contribution in [0.25, 0.3) is 10.9 Å². The fourth-order valence-corrected chi connectivity index (χ4v) is 5.00. The van der Waals surface area contributed by atoms with E-state index < -0.39 is 18.8 Å². The normalized spacial score (nSPS) is 15.2. The molecule has 1 fully saturated rings. The van der Waals surface area contributed by atoms with Gasteiger partial charge >= 0.3 is 6.36 Å². The maximum absolute atomic E-state index is 14.9. The van der Waals surface area contributed by atoms with Gasteiger partial charge in [-0.25, -0.2) is 4.39 Å². The van der Waals surface area contributed by atoms with E-state index in [0.717, 1.165) is 18.4 Å². The Morgan fingerprint density at radius 1 is 1.11 bits per heavy atom. The van der Waals surface area contributed by atoms with Gasteiger partial charge in [-0.3, -0.25) is 9.53 Å². The number of piperidine rings is 1. The minimum absolute atomic E-state index is 0.135. The Morgan fingerprint density at radius 2 is 1.80 bits per heavy atom. The summed E-state index contributed by atoms with van der Waals surface area (Å²) in [6.45, 7) is 4.49. The maximum atomic E-state index is 14.9. The van der Waals surface area contributed by atoms with E-state index in [1.807, 2.05) is 6.07 Å². The number of hydrogen-bond donors (Lipinski definition) is 1. The number of nitrogens with zero attached hydrogens (tertiary/aromatic N) is 2. The predicted octanol–water partition coefficient (Wildman–Crippen LogP) is 5.41. The average Bonchev–Trinajstić information content (AvgIpc) is 3.21. The van der Waals surface area contributed by atoms with Gasteiger partial charge in [-0.2, -0.15) is 0 Å². The van der Waals surface area contributed by atoms with Gasteiger partial charge in [-0.15, -0.1) is 13.2 Å². The Labute approximate surface area is 201 Å². The van der Waals surface area contributed by atoms with E-state index in [4.69, 9.17) is 5.73 Å². The first-order valence-electron chi connectivity index (χ1n) is 11.7. The van der Waals surface area contributed by atoms with Crippen molar-refractivity contribution in [3.05, 3.63) is 70.2 Å². The second-order valence-corrected chi connectivity index (χ2v) is 9.08. The Morgan fingerprint density at radius 3 is 2.46 bits per heavy atom. The highest BCUT2D eigenvalue weighted by Gasteiger charge is 2.30. The zero-order valence-electron chi connectivity index (χ0n) is 19.8. The topological polar surface area (TPSA) is 60.5 Å². The lowest BCUT2D eigenvalue weighted by Gasteiger charge is -2.33. The van der Waals surface area contributed by atoms with E-state index in [0.29, 0.717) is 36.6 Å². The third-order valence-electron chi connectivity index (χ3n) is 6.80. The number of ether oxygens (including phenoxy) is 1. The van der Waals surface area contributed by atoms with Crippen molar-refractivity contribution >= 4 is 16.8 Å². The third-order valence-corrected chi connectivity index (χ3v) is 6.80. The zero-order valence-corrected chi connectivity index (χ0v) is 19.8. The summed E-state index contributed by atoms with van der Waals surface area (Å²) in [4.78, 5) is 15.2. The van der Waals surface area contributed by atoms with Gasteiger partial charge in [0, 0.05) is 37.8 Å². The zero-order chi connectivity index (χ0) is 25.3. The van der Waals surface area contributed by atoms with Crippen molar-refractivity contribution in [2.45, 2.75) is 52.1 Å². The van der Waals surface area contributed by atoms with E-state index in [-0.39, 0.29) is 23.4 Å². The molecule has 0 radical (unpaired) electrons. The van der Waals surface area contributed by atoms with E-state index in [2.05, 4.69) is 23.8 Å². The summed E-state index contributed by atoms with van der Waals surface area (Å²) in [6.07, 6.45) is -1.78. The number of benzene rings is 2. The van der Waals surface area contributed by atoms with Crippen LogP contribution in [0.1, 0.15) is 51.4 Å². The molecule has 2 N–H and O–H groups in total. The molecule has 1 saturated heterocycles. The summed E-state index contributed by atoms with van der Waals surface area (Å²) < 4.78 is 57.6. The molecule has 0 spiro atoms. The summed E-state index contributed by atoms with van der Waals surface area (Å²) in [6, 6.07) is 9.05. The lowest BCUT2D eigenvalue weighted by Crippen LogP contribution is -2.38. The lowest BCUT2D eigenvalue weighted by molar-refractivity contribution is -0.325. The SMILES string of the molecule is Cc1ccc(CN)cc1C1CCN(C(=O)c2cn(CCOC(F)(F)F)c3c(C)ccc(F)c23)CC1. The van der Waals surface area contributed by atoms with Gasteiger partial charge in [0.15, 0.2) is 0 Å². The highest BCUT2D eigenvalue weighted by molar-refractivity contribution is 6.08. The monoisotopic (exact) mass is 491 g/mol. The highest BCUT2D eigenvalue weighted by atomic mass is 19.4. The number of likely N-dealkylation sites (tertiary alicyclic amines) is 1. The van der Waals surface area contributed by atoms with Gasteiger partial charge in [0.2, 0.25) is 0 Å². The van der Waals surface area contributed by atoms with Crippen molar-refractivity contribution in [1.29, 1.82) is 0 Å². The molecule has 3 aromatic rings. The van der Waals surface area contributed by atoms with Gasteiger partial charge in [-0.05, 0) is 60.9 Å². The molecule has 1 aliphatic rings. The van der Waals surface area contributed by atoms with Gasteiger partial charge in [-0.1, -0.05) is 24.3 Å². The average molecular weight is 492 g/mol. The Kier molecular flexibility index (Phi) is 7.19. The van der Waals surface area contributed by atoms with E-state index in [9.17, 15) is 22.4 Å². The van der Waals surface area contributed by atoms with Crippen LogP contribution < -0.4 is 5.73 Å². The minimum atomic E-state index is -4.76. The summed E-state index contributed by atoms with van der Waals surface area (Å²) in [7, 11) is 0. The van der Waals surface area contributed by atoms with Crippen LogP contribution in [0, 0.1) is 19.7 Å². The lowest BCUT2D eigenvalue weighted by atomic mass is 9.85. The van der Waals surface area contributed by atoms with Gasteiger partial charge in [0.05, 0.1) is 17.7 Å². The molecule has 0 bridgehead atoms. The van der Waals surface area contributed by atoms with E-state index in [1.165, 1.54) is 28.0 Å². The first kappa shape index (κ1) is 25.2. The molecule has 188 valence electrons. The van der Waals surface area contributed by atoms with Gasteiger partial charge < -0.3 is 15.2 Å². The molecule has 2 aromatic carbocycles. The third kappa shape index (κ3) is 5.36. The minimum Gasteiger partial charge on any atom is -0.344 e. The van der Waals surface area contributed by atoms with E-state index >= 15 is 0 Å². The number of fused-ring (bicyclic) bond motifs is 1.